The number of carbonyl (C=O) groups is 3. The second-order valence-corrected chi connectivity index (χ2v) is 9.52. The van der Waals surface area contributed by atoms with Crippen molar-refractivity contribution in [2.75, 3.05) is 20.3 Å². The highest BCUT2D eigenvalue weighted by Crippen LogP contribution is 2.44. The normalized spacial score (nSPS) is 13.3. The number of ether oxygens (including phenoxy) is 3. The van der Waals surface area contributed by atoms with E-state index in [1.54, 1.807) is 20.8 Å². The van der Waals surface area contributed by atoms with Gasteiger partial charge in [0.25, 0.3) is 0 Å². The maximum atomic E-state index is 12.6. The quantitative estimate of drug-likeness (QED) is 0.303. The van der Waals surface area contributed by atoms with Crippen LogP contribution in [0.25, 0.3) is 11.1 Å². The van der Waals surface area contributed by atoms with E-state index in [0.717, 1.165) is 22.3 Å². The molecule has 2 aromatic carbocycles. The summed E-state index contributed by atoms with van der Waals surface area (Å²) < 4.78 is 15.6. The van der Waals surface area contributed by atoms with Crippen LogP contribution in [0.2, 0.25) is 0 Å². The fraction of sp³-hybridized carbons (Fsp3) is 0.444. The molecule has 2 aromatic rings. The van der Waals surface area contributed by atoms with Gasteiger partial charge in [-0.25, -0.2) is 9.59 Å². The predicted molar refractivity (Wildman–Crippen MR) is 132 cm³/mol. The van der Waals surface area contributed by atoms with Crippen LogP contribution >= 0.6 is 0 Å². The van der Waals surface area contributed by atoms with Crippen LogP contribution in [0, 0.1) is 0 Å². The van der Waals surface area contributed by atoms with Gasteiger partial charge in [-0.2, -0.15) is 0 Å². The van der Waals surface area contributed by atoms with Crippen molar-refractivity contribution in [2.45, 2.75) is 57.6 Å². The molecule has 35 heavy (non-hydrogen) atoms. The first-order valence-electron chi connectivity index (χ1n) is 11.8. The Morgan fingerprint density at radius 3 is 2.11 bits per heavy atom. The molecular formula is C27H34N2O6. The monoisotopic (exact) mass is 482 g/mol. The molecule has 0 radical (unpaired) electrons. The van der Waals surface area contributed by atoms with Crippen molar-refractivity contribution in [1.29, 1.82) is 0 Å². The lowest BCUT2D eigenvalue weighted by Gasteiger charge is -2.21. The summed E-state index contributed by atoms with van der Waals surface area (Å²) in [6.07, 6.45) is -0.111. The van der Waals surface area contributed by atoms with Gasteiger partial charge in [0.1, 0.15) is 12.2 Å². The second kappa shape index (κ2) is 11.7. The van der Waals surface area contributed by atoms with E-state index in [4.69, 9.17) is 14.2 Å². The van der Waals surface area contributed by atoms with Crippen molar-refractivity contribution in [1.82, 2.24) is 10.6 Å². The van der Waals surface area contributed by atoms with Crippen LogP contribution in [0.1, 0.15) is 57.1 Å². The van der Waals surface area contributed by atoms with Gasteiger partial charge in [0.15, 0.2) is 0 Å². The minimum atomic E-state index is -0.596. The van der Waals surface area contributed by atoms with E-state index in [2.05, 4.69) is 34.9 Å². The lowest BCUT2D eigenvalue weighted by molar-refractivity contribution is -0.141. The highest BCUT2D eigenvalue weighted by molar-refractivity contribution is 5.79. The maximum absolute atomic E-state index is 12.6. The Hall–Kier alpha value is -3.55. The molecule has 1 aliphatic rings. The van der Waals surface area contributed by atoms with Crippen molar-refractivity contribution < 1.29 is 28.6 Å². The third-order valence-corrected chi connectivity index (χ3v) is 5.70. The van der Waals surface area contributed by atoms with Crippen molar-refractivity contribution in [3.8, 4) is 11.1 Å². The first kappa shape index (κ1) is 26.1. The molecule has 2 N–H and O–H groups in total. The molecule has 0 fully saturated rings. The Labute approximate surface area is 206 Å². The number of alkyl carbamates (subject to hydrolysis) is 2. The number of hydrogen-bond acceptors (Lipinski definition) is 6. The third-order valence-electron chi connectivity index (χ3n) is 5.70. The largest absolute Gasteiger partial charge is 0.469 e. The Kier molecular flexibility index (Phi) is 8.73. The summed E-state index contributed by atoms with van der Waals surface area (Å²) in [5.74, 6) is -0.487. The zero-order valence-corrected chi connectivity index (χ0v) is 20.8. The van der Waals surface area contributed by atoms with E-state index < -0.39 is 29.8 Å². The van der Waals surface area contributed by atoms with Crippen LogP contribution in [-0.4, -0.2) is 50.1 Å². The number of methoxy groups -OCH3 is 1. The van der Waals surface area contributed by atoms with Gasteiger partial charge in [-0.1, -0.05) is 48.5 Å². The first-order valence-corrected chi connectivity index (χ1v) is 11.8. The Morgan fingerprint density at radius 1 is 0.943 bits per heavy atom. The van der Waals surface area contributed by atoms with Crippen LogP contribution in [0.4, 0.5) is 9.59 Å². The molecule has 0 aromatic heterocycles. The van der Waals surface area contributed by atoms with E-state index in [1.807, 2.05) is 24.3 Å². The van der Waals surface area contributed by atoms with Crippen molar-refractivity contribution in [2.24, 2.45) is 0 Å². The third kappa shape index (κ3) is 7.47. The van der Waals surface area contributed by atoms with Gasteiger partial charge in [-0.05, 0) is 55.9 Å². The summed E-state index contributed by atoms with van der Waals surface area (Å²) in [4.78, 5) is 36.3. The van der Waals surface area contributed by atoms with Crippen molar-refractivity contribution in [3.63, 3.8) is 0 Å². The van der Waals surface area contributed by atoms with Crippen LogP contribution in [0.5, 0.6) is 0 Å². The zero-order chi connectivity index (χ0) is 25.4. The van der Waals surface area contributed by atoms with Gasteiger partial charge >= 0.3 is 18.2 Å². The molecule has 0 saturated carbocycles. The van der Waals surface area contributed by atoms with E-state index in [0.29, 0.717) is 19.4 Å². The molecular weight excluding hydrogens is 448 g/mol. The average Bonchev–Trinajstić information content (AvgIpc) is 3.13. The van der Waals surface area contributed by atoms with Crippen LogP contribution in [0.15, 0.2) is 48.5 Å². The van der Waals surface area contributed by atoms with Crippen molar-refractivity contribution >= 4 is 18.2 Å². The molecule has 2 amide bonds. The lowest BCUT2D eigenvalue weighted by atomic mass is 9.98. The number of benzene rings is 2. The summed E-state index contributed by atoms with van der Waals surface area (Å²) in [7, 11) is 1.30. The van der Waals surface area contributed by atoms with E-state index in [-0.39, 0.29) is 18.9 Å². The summed E-state index contributed by atoms with van der Waals surface area (Å²) in [5, 5.41) is 5.45. The molecule has 0 heterocycles. The topological polar surface area (TPSA) is 103 Å². The summed E-state index contributed by atoms with van der Waals surface area (Å²) >= 11 is 0. The van der Waals surface area contributed by atoms with Gasteiger partial charge in [0.2, 0.25) is 0 Å². The van der Waals surface area contributed by atoms with Gasteiger partial charge in [-0.15, -0.1) is 0 Å². The van der Waals surface area contributed by atoms with Gasteiger partial charge in [-0.3, -0.25) is 4.79 Å². The first-order chi connectivity index (χ1) is 16.7. The molecule has 1 aliphatic carbocycles. The molecule has 188 valence electrons. The Balaban J connectivity index is 1.53. The number of rotatable bonds is 9. The molecule has 8 nitrogen and oxygen atoms in total. The molecule has 0 aliphatic heterocycles. The molecule has 0 bridgehead atoms. The standard InChI is InChI=1S/C27H34N2O6/c1-27(2,3)35-25(31)28-15-9-10-18(16-24(30)33-4)29-26(32)34-17-23-21-13-7-5-11-19(21)20-12-6-8-14-22(20)23/h5-8,11-14,18,23H,9-10,15-17H2,1-4H3,(H,28,31)(H,29,32)/t18-/m0/s1. The average molecular weight is 483 g/mol. The summed E-state index contributed by atoms with van der Waals surface area (Å²) in [6, 6.07) is 15.7. The van der Waals surface area contributed by atoms with Crippen LogP contribution < -0.4 is 10.6 Å². The fourth-order valence-electron chi connectivity index (χ4n) is 4.17. The number of fused-ring (bicyclic) bond motifs is 3. The van der Waals surface area contributed by atoms with Crippen LogP contribution in [0.3, 0.4) is 0 Å². The smallest absolute Gasteiger partial charge is 0.407 e. The highest BCUT2D eigenvalue weighted by Gasteiger charge is 2.29. The van der Waals surface area contributed by atoms with E-state index in [9.17, 15) is 14.4 Å². The Morgan fingerprint density at radius 2 is 1.54 bits per heavy atom. The second-order valence-electron chi connectivity index (χ2n) is 9.52. The zero-order valence-electron chi connectivity index (χ0n) is 20.8. The predicted octanol–water partition coefficient (Wildman–Crippen LogP) is 4.76. The van der Waals surface area contributed by atoms with Crippen LogP contribution in [-0.2, 0) is 19.0 Å². The minimum absolute atomic E-state index is 0.00708. The SMILES string of the molecule is COC(=O)C[C@H](CCCNC(=O)OC(C)(C)C)NC(=O)OCC1c2ccccc2-c2ccccc21. The summed E-state index contributed by atoms with van der Waals surface area (Å²) in [6.45, 7) is 5.90. The minimum Gasteiger partial charge on any atom is -0.469 e. The molecule has 8 heteroatoms. The fourth-order valence-corrected chi connectivity index (χ4v) is 4.17. The number of carbonyl (C=O) groups excluding carboxylic acids is 3. The van der Waals surface area contributed by atoms with Gasteiger partial charge < -0.3 is 24.8 Å². The Bertz CT molecular complexity index is 1000. The number of esters is 1. The summed E-state index contributed by atoms with van der Waals surface area (Å²) in [5.41, 5.74) is 3.97. The highest BCUT2D eigenvalue weighted by atomic mass is 16.6. The van der Waals surface area contributed by atoms with E-state index >= 15 is 0 Å². The van der Waals surface area contributed by atoms with Gasteiger partial charge in [0.05, 0.1) is 13.5 Å². The van der Waals surface area contributed by atoms with Gasteiger partial charge in [0, 0.05) is 18.5 Å². The van der Waals surface area contributed by atoms with Crippen molar-refractivity contribution in [3.05, 3.63) is 59.7 Å². The maximum Gasteiger partial charge on any atom is 0.407 e. The molecule has 0 unspecified atom stereocenters. The van der Waals surface area contributed by atoms with E-state index in [1.165, 1.54) is 7.11 Å². The number of amides is 2. The molecule has 0 saturated heterocycles. The number of nitrogens with one attached hydrogen (secondary N) is 2. The lowest BCUT2D eigenvalue weighted by Crippen LogP contribution is -2.38. The molecule has 0 spiro atoms. The molecule has 1 atom stereocenters. The number of hydrogen-bond donors (Lipinski definition) is 2. The molecule has 3 rings (SSSR count).